The number of fused-ring (bicyclic) bond motifs is 1. The van der Waals surface area contributed by atoms with Gasteiger partial charge >= 0.3 is 5.97 Å². The van der Waals surface area contributed by atoms with E-state index in [0.29, 0.717) is 26.0 Å². The number of ether oxygens (including phenoxy) is 1. The summed E-state index contributed by atoms with van der Waals surface area (Å²) in [7, 11) is 0. The zero-order chi connectivity index (χ0) is 13.0. The summed E-state index contributed by atoms with van der Waals surface area (Å²) >= 11 is 0. The van der Waals surface area contributed by atoms with Gasteiger partial charge in [0.2, 0.25) is 0 Å². The first kappa shape index (κ1) is 12.9. The summed E-state index contributed by atoms with van der Waals surface area (Å²) in [5.41, 5.74) is 3.13. The second-order valence-corrected chi connectivity index (χ2v) is 4.36. The first-order valence-corrected chi connectivity index (χ1v) is 6.38. The Balaban J connectivity index is 1.78. The van der Waals surface area contributed by atoms with E-state index in [1.807, 2.05) is 11.2 Å². The summed E-state index contributed by atoms with van der Waals surface area (Å²) in [5.74, 6) is -0.0959. The number of rotatable bonds is 5. The number of nitrogens with one attached hydrogen (secondary N) is 1. The molecule has 0 aliphatic carbocycles. The Labute approximate surface area is 107 Å². The number of amides is 1. The highest BCUT2D eigenvalue weighted by Gasteiger charge is 2.34. The van der Waals surface area contributed by atoms with Gasteiger partial charge < -0.3 is 14.6 Å². The lowest BCUT2D eigenvalue weighted by molar-refractivity contribution is -0.144. The minimum absolute atomic E-state index is 0.0856. The Morgan fingerprint density at radius 1 is 1.56 bits per heavy atom. The zero-order valence-corrected chi connectivity index (χ0v) is 10.6. The molecule has 1 amide bonds. The van der Waals surface area contributed by atoms with Crippen molar-refractivity contribution in [3.05, 3.63) is 12.4 Å². The van der Waals surface area contributed by atoms with Crippen molar-refractivity contribution in [2.45, 2.75) is 32.2 Å². The fourth-order valence-corrected chi connectivity index (χ4v) is 2.21. The first-order chi connectivity index (χ1) is 8.72. The van der Waals surface area contributed by atoms with E-state index < -0.39 is 0 Å². The molecule has 2 aliphatic heterocycles. The average Bonchev–Trinajstić information content (AvgIpc) is 2.81. The van der Waals surface area contributed by atoms with E-state index in [1.165, 1.54) is 0 Å². The number of hydrazine groups is 1. The largest absolute Gasteiger partial charge is 0.466 e. The molecule has 100 valence electrons. The van der Waals surface area contributed by atoms with Crippen molar-refractivity contribution in [3.63, 3.8) is 0 Å². The maximum absolute atomic E-state index is 12.1. The topological polar surface area (TPSA) is 61.9 Å². The highest BCUT2D eigenvalue weighted by atomic mass is 16.5. The van der Waals surface area contributed by atoms with Crippen LogP contribution in [0, 0.1) is 0 Å². The molecule has 0 radical (unpaired) electrons. The lowest BCUT2D eigenvalue weighted by Crippen LogP contribution is -2.48. The number of hydrogen-bond donors (Lipinski definition) is 1. The number of carbonyl (C=O) groups excluding carboxylic acids is 2. The van der Waals surface area contributed by atoms with Crippen LogP contribution in [0.15, 0.2) is 12.4 Å². The third kappa shape index (κ3) is 2.81. The Morgan fingerprint density at radius 2 is 2.39 bits per heavy atom. The van der Waals surface area contributed by atoms with E-state index in [0.717, 1.165) is 13.0 Å². The molecule has 1 N–H and O–H groups in total. The van der Waals surface area contributed by atoms with Gasteiger partial charge in [0.05, 0.1) is 6.61 Å². The maximum atomic E-state index is 12.1. The Kier molecular flexibility index (Phi) is 4.19. The van der Waals surface area contributed by atoms with Gasteiger partial charge in [-0.15, -0.1) is 0 Å². The van der Waals surface area contributed by atoms with Gasteiger partial charge in [0.1, 0.15) is 6.04 Å². The van der Waals surface area contributed by atoms with Gasteiger partial charge in [0.25, 0.3) is 5.91 Å². The van der Waals surface area contributed by atoms with Gasteiger partial charge in [-0.2, -0.15) is 0 Å². The molecule has 1 atom stereocenters. The number of esters is 1. The predicted octanol–water partition coefficient (Wildman–Crippen LogP) is 0.222. The Hall–Kier alpha value is -1.56. The summed E-state index contributed by atoms with van der Waals surface area (Å²) in [4.78, 5) is 25.0. The van der Waals surface area contributed by atoms with E-state index in [4.69, 9.17) is 4.74 Å². The molecular formula is C12H19N3O3. The van der Waals surface area contributed by atoms with Crippen molar-refractivity contribution in [3.8, 4) is 0 Å². The van der Waals surface area contributed by atoms with Gasteiger partial charge in [-0.1, -0.05) is 0 Å². The molecule has 1 saturated heterocycles. The van der Waals surface area contributed by atoms with Gasteiger partial charge in [-0.25, -0.2) is 5.43 Å². The molecule has 1 unspecified atom stereocenters. The molecule has 0 bridgehead atoms. The minimum atomic E-state index is -0.199. The van der Waals surface area contributed by atoms with Gasteiger partial charge in [-0.3, -0.25) is 9.59 Å². The first-order valence-electron chi connectivity index (χ1n) is 6.38. The molecular weight excluding hydrogens is 234 g/mol. The smallest absolute Gasteiger partial charge is 0.305 e. The maximum Gasteiger partial charge on any atom is 0.305 e. The lowest BCUT2D eigenvalue weighted by atomic mass is 10.1. The van der Waals surface area contributed by atoms with Crippen molar-refractivity contribution in [1.29, 1.82) is 0 Å². The summed E-state index contributed by atoms with van der Waals surface area (Å²) in [6, 6.07) is -0.0856. The van der Waals surface area contributed by atoms with Crippen LogP contribution in [0.1, 0.15) is 26.2 Å². The standard InChI is InChI=1S/C12H19N3O3/c1-2-18-11(16)4-3-7-14-8-9-15-10(12(14)17)5-6-13-15/h8-10,13H,2-7H2,1H3. The quantitative estimate of drug-likeness (QED) is 0.710. The van der Waals surface area contributed by atoms with Crippen LogP contribution in [0.5, 0.6) is 0 Å². The van der Waals surface area contributed by atoms with E-state index in [1.54, 1.807) is 18.0 Å². The van der Waals surface area contributed by atoms with E-state index in [2.05, 4.69) is 5.43 Å². The van der Waals surface area contributed by atoms with Crippen molar-refractivity contribution in [2.75, 3.05) is 19.7 Å². The summed E-state index contributed by atoms with van der Waals surface area (Å²) in [6.07, 6.45) is 5.47. The predicted molar refractivity (Wildman–Crippen MR) is 65.0 cm³/mol. The molecule has 18 heavy (non-hydrogen) atoms. The van der Waals surface area contributed by atoms with Crippen LogP contribution in [-0.2, 0) is 14.3 Å². The highest BCUT2D eigenvalue weighted by Crippen LogP contribution is 2.17. The molecule has 2 heterocycles. The zero-order valence-electron chi connectivity index (χ0n) is 10.6. The second-order valence-electron chi connectivity index (χ2n) is 4.36. The van der Waals surface area contributed by atoms with Gasteiger partial charge in [-0.05, 0) is 19.8 Å². The van der Waals surface area contributed by atoms with Crippen LogP contribution in [0.2, 0.25) is 0 Å². The second kappa shape index (κ2) is 5.86. The highest BCUT2D eigenvalue weighted by molar-refractivity contribution is 5.84. The van der Waals surface area contributed by atoms with E-state index in [-0.39, 0.29) is 17.9 Å². The molecule has 0 spiro atoms. The lowest BCUT2D eigenvalue weighted by Gasteiger charge is -2.31. The monoisotopic (exact) mass is 253 g/mol. The number of nitrogens with zero attached hydrogens (tertiary/aromatic N) is 2. The molecule has 0 aromatic heterocycles. The van der Waals surface area contributed by atoms with Crippen molar-refractivity contribution in [2.24, 2.45) is 0 Å². The van der Waals surface area contributed by atoms with Gasteiger partial charge in [0, 0.05) is 31.9 Å². The number of carbonyl (C=O) groups is 2. The molecule has 6 heteroatoms. The van der Waals surface area contributed by atoms with Crippen LogP contribution in [0.4, 0.5) is 0 Å². The average molecular weight is 253 g/mol. The fourth-order valence-electron chi connectivity index (χ4n) is 2.21. The van der Waals surface area contributed by atoms with Crippen molar-refractivity contribution >= 4 is 11.9 Å². The molecule has 2 aliphatic rings. The fraction of sp³-hybridized carbons (Fsp3) is 0.667. The van der Waals surface area contributed by atoms with Crippen molar-refractivity contribution < 1.29 is 14.3 Å². The summed E-state index contributed by atoms with van der Waals surface area (Å²) in [6.45, 7) is 3.59. The van der Waals surface area contributed by atoms with Crippen LogP contribution < -0.4 is 5.43 Å². The summed E-state index contributed by atoms with van der Waals surface area (Å²) in [5, 5.41) is 1.85. The number of hydrogen-bond acceptors (Lipinski definition) is 5. The van der Waals surface area contributed by atoms with E-state index >= 15 is 0 Å². The van der Waals surface area contributed by atoms with E-state index in [9.17, 15) is 9.59 Å². The van der Waals surface area contributed by atoms with Crippen LogP contribution >= 0.6 is 0 Å². The summed E-state index contributed by atoms with van der Waals surface area (Å²) < 4.78 is 4.85. The van der Waals surface area contributed by atoms with Crippen LogP contribution in [0.3, 0.4) is 0 Å². The molecule has 6 nitrogen and oxygen atoms in total. The third-order valence-corrected chi connectivity index (χ3v) is 3.11. The third-order valence-electron chi connectivity index (χ3n) is 3.11. The Morgan fingerprint density at radius 3 is 3.17 bits per heavy atom. The van der Waals surface area contributed by atoms with Crippen molar-refractivity contribution in [1.82, 2.24) is 15.3 Å². The Bertz CT molecular complexity index is 356. The van der Waals surface area contributed by atoms with Gasteiger partial charge in [0.15, 0.2) is 0 Å². The molecule has 0 saturated carbocycles. The molecule has 0 aromatic carbocycles. The van der Waals surface area contributed by atoms with Crippen LogP contribution in [0.25, 0.3) is 0 Å². The normalized spacial score (nSPS) is 22.3. The molecule has 0 aromatic rings. The SMILES string of the molecule is CCOC(=O)CCCN1C=CN2NCCC2C1=O. The molecule has 2 rings (SSSR count). The minimum Gasteiger partial charge on any atom is -0.466 e. The van der Waals surface area contributed by atoms with Crippen LogP contribution in [-0.4, -0.2) is 47.5 Å². The molecule has 1 fully saturated rings.